The van der Waals surface area contributed by atoms with Crippen LogP contribution in [0.4, 0.5) is 8.78 Å². The van der Waals surface area contributed by atoms with E-state index < -0.39 is 50.1 Å². The molecule has 0 aliphatic carbocycles. The van der Waals surface area contributed by atoms with Crippen molar-refractivity contribution in [2.24, 2.45) is 0 Å². The highest BCUT2D eigenvalue weighted by Gasteiger charge is 2.44. The van der Waals surface area contributed by atoms with Gasteiger partial charge in [-0.1, -0.05) is 35.9 Å². The van der Waals surface area contributed by atoms with Gasteiger partial charge in [0.1, 0.15) is 49.5 Å². The van der Waals surface area contributed by atoms with Crippen molar-refractivity contribution in [1.82, 2.24) is 0 Å². The fourth-order valence-electron chi connectivity index (χ4n) is 3.43. The van der Waals surface area contributed by atoms with Gasteiger partial charge >= 0.3 is 0 Å². The third-order valence-corrected chi connectivity index (χ3v) is 5.54. The smallest absolute Gasteiger partial charge is 0.261 e. The van der Waals surface area contributed by atoms with Crippen molar-refractivity contribution in [2.45, 2.75) is 43.3 Å². The predicted molar refractivity (Wildman–Crippen MR) is 116 cm³/mol. The molecule has 7 nitrogen and oxygen atoms in total. The van der Waals surface area contributed by atoms with Crippen LogP contribution in [0.1, 0.15) is 24.1 Å². The van der Waals surface area contributed by atoms with Crippen molar-refractivity contribution in [3.8, 4) is 5.75 Å². The monoisotopic (exact) mass is 489 g/mol. The van der Waals surface area contributed by atoms with Crippen LogP contribution < -0.4 is 4.74 Å². The van der Waals surface area contributed by atoms with Crippen LogP contribution in [0.15, 0.2) is 42.5 Å². The molecule has 0 spiro atoms. The molecule has 1 heterocycles. The second-order valence-corrected chi connectivity index (χ2v) is 7.98. The summed E-state index contributed by atoms with van der Waals surface area (Å²) < 4.78 is 48.4. The molecular weight excluding hydrogens is 462 g/mol. The van der Waals surface area contributed by atoms with Crippen molar-refractivity contribution < 1.29 is 44.8 Å². The number of ether oxygens (including phenoxy) is 3. The van der Waals surface area contributed by atoms with Crippen LogP contribution in [0, 0.1) is 0 Å². The van der Waals surface area contributed by atoms with E-state index in [1.165, 1.54) is 6.07 Å². The van der Waals surface area contributed by atoms with Crippen LogP contribution in [0.3, 0.4) is 0 Å². The number of aliphatic hydroxyl groups excluding tert-OH is 4. The summed E-state index contributed by atoms with van der Waals surface area (Å²) in [7, 11) is 0. The largest absolute Gasteiger partial charge is 0.491 e. The quantitative estimate of drug-likeness (QED) is 0.378. The van der Waals surface area contributed by atoms with Crippen LogP contribution >= 0.6 is 11.6 Å². The molecule has 33 heavy (non-hydrogen) atoms. The van der Waals surface area contributed by atoms with Crippen molar-refractivity contribution in [3.05, 3.63) is 64.2 Å². The molecule has 0 saturated carbocycles. The SMILES string of the molecule is [2H][C@@]1(c2ccc(Cl)c(Cc3ccc(OCCOCC(F)F)cc3)c2)O[C@H](CO)[C@@H](O)[C@H](O)[C@H]1O. The summed E-state index contributed by atoms with van der Waals surface area (Å²) in [6.07, 6.45) is -10.5. The van der Waals surface area contributed by atoms with Crippen LogP contribution in [0.2, 0.25) is 5.02 Å². The highest BCUT2D eigenvalue weighted by Crippen LogP contribution is 2.34. The molecule has 3 rings (SSSR count). The average molecular weight is 490 g/mol. The Kier molecular flexibility index (Phi) is 8.85. The first-order chi connectivity index (χ1) is 16.2. The zero-order valence-corrected chi connectivity index (χ0v) is 18.4. The molecule has 0 amide bonds. The minimum absolute atomic E-state index is 0.0418. The molecule has 5 atom stereocenters. The molecule has 0 unspecified atom stereocenters. The van der Waals surface area contributed by atoms with Crippen molar-refractivity contribution in [1.29, 1.82) is 0 Å². The Labute approximate surface area is 196 Å². The molecular formula is C23H27ClF2O7. The first kappa shape index (κ1) is 24.3. The third kappa shape index (κ3) is 6.83. The van der Waals surface area contributed by atoms with Gasteiger partial charge in [-0.15, -0.1) is 0 Å². The first-order valence-corrected chi connectivity index (χ1v) is 10.7. The molecule has 4 N–H and O–H groups in total. The molecule has 2 aromatic carbocycles. The van der Waals surface area contributed by atoms with Crippen molar-refractivity contribution >= 4 is 11.6 Å². The van der Waals surface area contributed by atoms with E-state index in [1.54, 1.807) is 36.4 Å². The summed E-state index contributed by atoms with van der Waals surface area (Å²) in [5.74, 6) is 0.538. The Morgan fingerprint density at radius 3 is 2.42 bits per heavy atom. The Balaban J connectivity index is 1.69. The Morgan fingerprint density at radius 1 is 1.03 bits per heavy atom. The standard InChI is InChI=1S/C23H27ClF2O7/c24-17-6-3-14(23-22(30)21(29)20(28)18(11-27)33-23)10-15(17)9-13-1-4-16(5-2-13)32-8-7-31-12-19(25)26/h1-6,10,18-23,27-30H,7-9,11-12H2/t18-,20-,21+,22-,23+/m1/s1/i23D. The fraction of sp³-hybridized carbons (Fsp3) is 0.478. The molecule has 1 aliphatic heterocycles. The average Bonchev–Trinajstić information content (AvgIpc) is 2.82. The number of hydrogen-bond acceptors (Lipinski definition) is 7. The molecule has 2 aromatic rings. The zero-order chi connectivity index (χ0) is 24.9. The normalized spacial score (nSPS) is 28.1. The Morgan fingerprint density at radius 2 is 1.76 bits per heavy atom. The number of hydrogen-bond donors (Lipinski definition) is 4. The van der Waals surface area contributed by atoms with Gasteiger partial charge in [0.2, 0.25) is 0 Å². The summed E-state index contributed by atoms with van der Waals surface area (Å²) >= 11 is 6.34. The Bertz CT molecular complexity index is 934. The summed E-state index contributed by atoms with van der Waals surface area (Å²) in [6, 6.07) is 11.6. The minimum atomic E-state index is -2.52. The summed E-state index contributed by atoms with van der Waals surface area (Å²) in [6.45, 7) is -1.10. The zero-order valence-electron chi connectivity index (χ0n) is 18.6. The maximum atomic E-state index is 12.0. The van der Waals surface area contributed by atoms with Gasteiger partial charge in [0.05, 0.1) is 14.6 Å². The second-order valence-electron chi connectivity index (χ2n) is 7.57. The molecule has 0 bridgehead atoms. The molecule has 1 fully saturated rings. The van der Waals surface area contributed by atoms with Gasteiger partial charge in [0.25, 0.3) is 6.43 Å². The van der Waals surface area contributed by atoms with Crippen LogP contribution in [-0.4, -0.2) is 77.7 Å². The lowest BCUT2D eigenvalue weighted by Gasteiger charge is -2.40. The van der Waals surface area contributed by atoms with E-state index in [0.717, 1.165) is 5.56 Å². The van der Waals surface area contributed by atoms with Gasteiger partial charge in [-0.05, 0) is 41.3 Å². The fourth-order valence-corrected chi connectivity index (χ4v) is 3.61. The second kappa shape index (κ2) is 12.0. The summed E-state index contributed by atoms with van der Waals surface area (Å²) in [5.41, 5.74) is 1.68. The third-order valence-electron chi connectivity index (χ3n) is 5.17. The van der Waals surface area contributed by atoms with Crippen LogP contribution in [0.25, 0.3) is 0 Å². The number of halogens is 3. The predicted octanol–water partition coefficient (Wildman–Crippen LogP) is 2.11. The van der Waals surface area contributed by atoms with Gasteiger partial charge in [0, 0.05) is 5.02 Å². The van der Waals surface area contributed by atoms with E-state index in [1.807, 2.05) is 0 Å². The van der Waals surface area contributed by atoms with Crippen LogP contribution in [0.5, 0.6) is 5.75 Å². The van der Waals surface area contributed by atoms with Gasteiger partial charge in [-0.3, -0.25) is 0 Å². The highest BCUT2D eigenvalue weighted by atomic mass is 35.5. The topological polar surface area (TPSA) is 109 Å². The Hall–Kier alpha value is -1.85. The summed E-state index contributed by atoms with van der Waals surface area (Å²) in [5, 5.41) is 40.4. The number of aliphatic hydroxyl groups is 4. The van der Waals surface area contributed by atoms with E-state index in [0.29, 0.717) is 22.8 Å². The highest BCUT2D eigenvalue weighted by molar-refractivity contribution is 6.31. The van der Waals surface area contributed by atoms with Gasteiger partial charge < -0.3 is 34.6 Å². The number of benzene rings is 2. The molecule has 10 heteroatoms. The van der Waals surface area contributed by atoms with E-state index in [-0.39, 0.29) is 18.8 Å². The molecule has 0 radical (unpaired) electrons. The number of alkyl halides is 2. The number of rotatable bonds is 10. The minimum Gasteiger partial charge on any atom is -0.491 e. The van der Waals surface area contributed by atoms with Crippen molar-refractivity contribution in [2.75, 3.05) is 26.4 Å². The van der Waals surface area contributed by atoms with Gasteiger partial charge in [0.15, 0.2) is 0 Å². The molecule has 1 saturated heterocycles. The molecule has 182 valence electrons. The lowest BCUT2D eigenvalue weighted by molar-refractivity contribution is -0.231. The van der Waals surface area contributed by atoms with E-state index in [4.69, 9.17) is 27.2 Å². The van der Waals surface area contributed by atoms with Crippen LogP contribution in [-0.2, 0) is 15.9 Å². The van der Waals surface area contributed by atoms with Gasteiger partial charge in [-0.25, -0.2) is 8.78 Å². The van der Waals surface area contributed by atoms with E-state index >= 15 is 0 Å². The lowest BCUT2D eigenvalue weighted by atomic mass is 9.90. The van der Waals surface area contributed by atoms with E-state index in [2.05, 4.69) is 0 Å². The first-order valence-electron chi connectivity index (χ1n) is 10.8. The van der Waals surface area contributed by atoms with Crippen molar-refractivity contribution in [3.63, 3.8) is 0 Å². The molecule has 1 aliphatic rings. The molecule has 0 aromatic heterocycles. The van der Waals surface area contributed by atoms with E-state index in [9.17, 15) is 29.2 Å². The maximum absolute atomic E-state index is 12.0. The van der Waals surface area contributed by atoms with Gasteiger partial charge in [-0.2, -0.15) is 0 Å². The summed E-state index contributed by atoms with van der Waals surface area (Å²) in [4.78, 5) is 0. The lowest BCUT2D eigenvalue weighted by Crippen LogP contribution is -2.55. The maximum Gasteiger partial charge on any atom is 0.261 e.